The van der Waals surface area contributed by atoms with Gasteiger partial charge in [-0.1, -0.05) is 29.4 Å². The van der Waals surface area contributed by atoms with E-state index in [-0.39, 0.29) is 5.56 Å². The number of allylic oxidation sites excluding steroid dienone is 1. The molecule has 0 saturated carbocycles. The third-order valence-electron chi connectivity index (χ3n) is 4.38. The third kappa shape index (κ3) is 3.17. The fourth-order valence-corrected chi connectivity index (χ4v) is 3.09. The molecule has 1 aromatic carbocycles. The molecule has 4 nitrogen and oxygen atoms in total. The van der Waals surface area contributed by atoms with Gasteiger partial charge in [0, 0.05) is 17.3 Å². The van der Waals surface area contributed by atoms with Crippen LogP contribution in [0.25, 0.3) is 0 Å². The number of H-pyrrole nitrogens is 1. The fraction of sp³-hybridized carbons (Fsp3) is 0.263. The molecule has 1 aliphatic heterocycles. The van der Waals surface area contributed by atoms with E-state index in [1.54, 1.807) is 0 Å². The van der Waals surface area contributed by atoms with E-state index in [1.165, 1.54) is 11.1 Å². The monoisotopic (exact) mass is 308 g/mol. The second kappa shape index (κ2) is 5.97. The SMILES string of the molecule is Cc1cc(C)c(C[N+]2(Cc3ccccc3C)C=CC=N2)c(=O)[nH]1. The van der Waals surface area contributed by atoms with Crippen molar-refractivity contribution in [2.45, 2.75) is 33.9 Å². The van der Waals surface area contributed by atoms with Crippen molar-refractivity contribution in [2.24, 2.45) is 5.10 Å². The zero-order chi connectivity index (χ0) is 16.4. The normalized spacial score (nSPS) is 19.4. The van der Waals surface area contributed by atoms with Gasteiger partial charge in [0.15, 0.2) is 0 Å². The molecule has 0 aliphatic carbocycles. The van der Waals surface area contributed by atoms with Crippen LogP contribution in [0.3, 0.4) is 0 Å². The Morgan fingerprint density at radius 1 is 1.09 bits per heavy atom. The van der Waals surface area contributed by atoms with E-state index in [9.17, 15) is 4.79 Å². The summed E-state index contributed by atoms with van der Waals surface area (Å²) in [5.41, 5.74) is 5.19. The van der Waals surface area contributed by atoms with E-state index in [1.807, 2.05) is 44.3 Å². The fourth-order valence-electron chi connectivity index (χ4n) is 3.09. The van der Waals surface area contributed by atoms with Gasteiger partial charge in [-0.2, -0.15) is 4.59 Å². The summed E-state index contributed by atoms with van der Waals surface area (Å²) < 4.78 is 0.401. The number of pyridine rings is 1. The molecule has 4 heteroatoms. The number of benzene rings is 1. The second-order valence-corrected chi connectivity index (χ2v) is 6.28. The van der Waals surface area contributed by atoms with Gasteiger partial charge >= 0.3 is 0 Å². The van der Waals surface area contributed by atoms with Crippen molar-refractivity contribution in [1.29, 1.82) is 0 Å². The van der Waals surface area contributed by atoms with Gasteiger partial charge in [-0.05, 0) is 38.0 Å². The highest BCUT2D eigenvalue weighted by atomic mass is 16.1. The van der Waals surface area contributed by atoms with Crippen LogP contribution < -0.4 is 5.56 Å². The second-order valence-electron chi connectivity index (χ2n) is 6.28. The number of hydrogen-bond donors (Lipinski definition) is 1. The van der Waals surface area contributed by atoms with Crippen molar-refractivity contribution < 1.29 is 4.59 Å². The number of aromatic nitrogens is 1. The maximum absolute atomic E-state index is 12.4. The molecule has 1 unspecified atom stereocenters. The van der Waals surface area contributed by atoms with Crippen LogP contribution in [0.5, 0.6) is 0 Å². The number of rotatable bonds is 4. The van der Waals surface area contributed by atoms with Crippen LogP contribution in [0.4, 0.5) is 0 Å². The first kappa shape index (κ1) is 15.4. The minimum atomic E-state index is -0.0136. The zero-order valence-electron chi connectivity index (χ0n) is 13.8. The molecule has 2 heterocycles. The lowest BCUT2D eigenvalue weighted by molar-refractivity contribution is -0.910. The van der Waals surface area contributed by atoms with Crippen LogP contribution in [0.2, 0.25) is 0 Å². The minimum absolute atomic E-state index is 0.0136. The Kier molecular flexibility index (Phi) is 4.01. The molecule has 23 heavy (non-hydrogen) atoms. The van der Waals surface area contributed by atoms with Gasteiger partial charge in [0.05, 0.1) is 11.8 Å². The van der Waals surface area contributed by atoms with E-state index >= 15 is 0 Å². The Morgan fingerprint density at radius 2 is 1.87 bits per heavy atom. The molecule has 0 fully saturated rings. The first-order valence-corrected chi connectivity index (χ1v) is 7.83. The van der Waals surface area contributed by atoms with Crippen LogP contribution in [0.1, 0.15) is 27.9 Å². The van der Waals surface area contributed by atoms with Crippen molar-refractivity contribution in [2.75, 3.05) is 0 Å². The van der Waals surface area contributed by atoms with E-state index in [0.29, 0.717) is 11.1 Å². The third-order valence-corrected chi connectivity index (χ3v) is 4.38. The predicted octanol–water partition coefficient (Wildman–Crippen LogP) is 3.33. The zero-order valence-corrected chi connectivity index (χ0v) is 13.8. The number of nitrogens with one attached hydrogen (secondary N) is 1. The average molecular weight is 308 g/mol. The quantitative estimate of drug-likeness (QED) is 0.865. The summed E-state index contributed by atoms with van der Waals surface area (Å²) in [6.45, 7) is 7.31. The van der Waals surface area contributed by atoms with Gasteiger partial charge in [-0.25, -0.2) is 0 Å². The van der Waals surface area contributed by atoms with E-state index < -0.39 is 0 Å². The van der Waals surface area contributed by atoms with Gasteiger partial charge in [-0.3, -0.25) is 4.79 Å². The van der Waals surface area contributed by atoms with Crippen molar-refractivity contribution in [3.63, 3.8) is 0 Å². The van der Waals surface area contributed by atoms with E-state index in [4.69, 9.17) is 0 Å². The molecule has 118 valence electrons. The smallest absolute Gasteiger partial charge is 0.257 e. The number of quaternary nitrogens is 1. The lowest BCUT2D eigenvalue weighted by Crippen LogP contribution is -2.37. The molecule has 0 spiro atoms. The lowest BCUT2D eigenvalue weighted by Gasteiger charge is -2.27. The molecule has 1 aliphatic rings. The molecular formula is C19H22N3O+. The highest BCUT2D eigenvalue weighted by Gasteiger charge is 2.30. The van der Waals surface area contributed by atoms with E-state index in [0.717, 1.165) is 23.4 Å². The largest absolute Gasteiger partial charge is 0.326 e. The maximum atomic E-state index is 12.4. The molecule has 1 aromatic heterocycles. The Balaban J connectivity index is 1.98. The molecule has 2 aromatic rings. The number of aryl methyl sites for hydroxylation is 3. The van der Waals surface area contributed by atoms with Crippen LogP contribution in [-0.2, 0) is 13.1 Å². The average Bonchev–Trinajstić information content (AvgIpc) is 2.94. The van der Waals surface area contributed by atoms with Crippen molar-refractivity contribution >= 4 is 6.21 Å². The van der Waals surface area contributed by atoms with Crippen molar-refractivity contribution in [3.05, 3.63) is 80.9 Å². The van der Waals surface area contributed by atoms with Crippen LogP contribution in [-0.4, -0.2) is 15.8 Å². The first-order chi connectivity index (χ1) is 11.0. The molecule has 0 radical (unpaired) electrons. The molecular weight excluding hydrogens is 286 g/mol. The maximum Gasteiger partial charge on any atom is 0.257 e. The molecule has 1 atom stereocenters. The summed E-state index contributed by atoms with van der Waals surface area (Å²) in [4.78, 5) is 15.3. The van der Waals surface area contributed by atoms with Gasteiger partial charge in [0.2, 0.25) is 0 Å². The van der Waals surface area contributed by atoms with Crippen molar-refractivity contribution in [3.8, 4) is 0 Å². The van der Waals surface area contributed by atoms with E-state index in [2.05, 4.69) is 35.3 Å². The van der Waals surface area contributed by atoms with Gasteiger partial charge < -0.3 is 4.98 Å². The Bertz CT molecular complexity index is 834. The summed E-state index contributed by atoms with van der Waals surface area (Å²) in [6, 6.07) is 10.3. The molecule has 0 bridgehead atoms. The highest BCUT2D eigenvalue weighted by molar-refractivity contribution is 5.71. The summed E-state index contributed by atoms with van der Waals surface area (Å²) in [6.07, 6.45) is 5.83. The number of nitrogens with zero attached hydrogens (tertiary/aromatic N) is 2. The Hall–Kier alpha value is -2.46. The molecule has 0 amide bonds. The molecule has 1 N–H and O–H groups in total. The summed E-state index contributed by atoms with van der Waals surface area (Å²) >= 11 is 0. The standard InChI is InChI=1S/C19H21N3O/c1-14-7-4-5-8-17(14)12-22(10-6-9-20-22)13-18-15(2)11-16(3)21-19(18)23/h4-11H,12-13H2,1-3H3/p+1. The minimum Gasteiger partial charge on any atom is -0.326 e. The molecule has 0 saturated heterocycles. The van der Waals surface area contributed by atoms with Gasteiger partial charge in [-0.15, -0.1) is 0 Å². The van der Waals surface area contributed by atoms with Crippen molar-refractivity contribution in [1.82, 2.24) is 4.98 Å². The summed E-state index contributed by atoms with van der Waals surface area (Å²) in [5.74, 6) is 0. The summed E-state index contributed by atoms with van der Waals surface area (Å²) in [5, 5.41) is 4.65. The molecule has 3 rings (SSSR count). The topological polar surface area (TPSA) is 45.2 Å². The van der Waals surface area contributed by atoms with Crippen LogP contribution in [0, 0.1) is 20.8 Å². The van der Waals surface area contributed by atoms with Crippen LogP contribution >= 0.6 is 0 Å². The predicted molar refractivity (Wildman–Crippen MR) is 93.0 cm³/mol. The van der Waals surface area contributed by atoms with Gasteiger partial charge in [0.1, 0.15) is 19.3 Å². The van der Waals surface area contributed by atoms with Gasteiger partial charge in [0.25, 0.3) is 5.56 Å². The lowest BCUT2D eigenvalue weighted by atomic mass is 10.1. The van der Waals surface area contributed by atoms with Crippen LogP contribution in [0.15, 0.2) is 52.5 Å². The highest BCUT2D eigenvalue weighted by Crippen LogP contribution is 2.25. The Morgan fingerprint density at radius 3 is 2.52 bits per heavy atom. The number of aromatic amines is 1. The first-order valence-electron chi connectivity index (χ1n) is 7.83. The number of hydrogen-bond acceptors (Lipinski definition) is 2. The summed E-state index contributed by atoms with van der Waals surface area (Å²) in [7, 11) is 0. The Labute approximate surface area is 136 Å².